The maximum Gasteiger partial charge on any atom is 0.141 e. The molecule has 1 aliphatic rings. The van der Waals surface area contributed by atoms with Crippen LogP contribution in [0.25, 0.3) is 0 Å². The summed E-state index contributed by atoms with van der Waals surface area (Å²) in [6, 6.07) is 0. The first-order chi connectivity index (χ1) is 6.76. The second-order valence-corrected chi connectivity index (χ2v) is 3.20. The molecule has 3 N–H and O–H groups in total. The number of hydrogen-bond donors (Lipinski definition) is 3. The van der Waals surface area contributed by atoms with Crippen LogP contribution in [0.5, 0.6) is 0 Å². The Morgan fingerprint density at radius 1 is 1.50 bits per heavy atom. The zero-order valence-corrected chi connectivity index (χ0v) is 9.23. The summed E-state index contributed by atoms with van der Waals surface area (Å²) < 4.78 is 1.26. The van der Waals surface area contributed by atoms with Crippen LogP contribution in [0, 0.1) is 0 Å². The molecule has 0 spiro atoms. The van der Waals surface area contributed by atoms with Gasteiger partial charge in [-0.2, -0.15) is 0 Å². The quantitative estimate of drug-likeness (QED) is 0.608. The highest BCUT2D eigenvalue weighted by Gasteiger charge is 2.11. The van der Waals surface area contributed by atoms with Crippen molar-refractivity contribution in [3.05, 3.63) is 11.9 Å². The molecule has 0 unspecified atom stereocenters. The topological polar surface area (TPSA) is 51.7 Å². The summed E-state index contributed by atoms with van der Waals surface area (Å²) in [5, 5.41) is 3.12. The summed E-state index contributed by atoms with van der Waals surface area (Å²) in [4.78, 5) is 4.31. The molecule has 0 aliphatic carbocycles. The van der Waals surface area contributed by atoms with Crippen LogP contribution in [0.2, 0.25) is 0 Å². The number of aliphatic imine (C=N–C) groups is 1. The molecule has 0 aromatic rings. The summed E-state index contributed by atoms with van der Waals surface area (Å²) >= 11 is 5.77. The standard InChI is InChI=1S/C8H16ClN5/c1-3-5-11-8-6-7(10-4-2)12-14(9)13-8/h6,10,12H,3-5H2,1-2H3,(H,11,13). The molecule has 0 amide bonds. The van der Waals surface area contributed by atoms with Crippen molar-refractivity contribution in [1.82, 2.24) is 20.8 Å². The number of rotatable bonds is 4. The molecule has 14 heavy (non-hydrogen) atoms. The van der Waals surface area contributed by atoms with Gasteiger partial charge in [0.25, 0.3) is 0 Å². The summed E-state index contributed by atoms with van der Waals surface area (Å²) in [7, 11) is 0. The van der Waals surface area contributed by atoms with E-state index in [1.807, 2.05) is 13.0 Å². The Morgan fingerprint density at radius 3 is 2.93 bits per heavy atom. The number of amidine groups is 1. The maximum absolute atomic E-state index is 5.77. The van der Waals surface area contributed by atoms with Crippen LogP contribution in [0.1, 0.15) is 20.3 Å². The molecule has 0 atom stereocenters. The van der Waals surface area contributed by atoms with Gasteiger partial charge in [0.05, 0.1) is 0 Å². The van der Waals surface area contributed by atoms with Crippen molar-refractivity contribution in [3.8, 4) is 0 Å². The Balaban J connectivity index is 2.62. The van der Waals surface area contributed by atoms with Crippen LogP contribution in [-0.4, -0.2) is 23.6 Å². The van der Waals surface area contributed by atoms with Gasteiger partial charge in [0.15, 0.2) is 0 Å². The lowest BCUT2D eigenvalue weighted by molar-refractivity contribution is 0.315. The number of halogens is 1. The highest BCUT2D eigenvalue weighted by molar-refractivity contribution is 6.14. The van der Waals surface area contributed by atoms with Crippen LogP contribution < -0.4 is 16.2 Å². The lowest BCUT2D eigenvalue weighted by Gasteiger charge is -2.25. The number of hydrazine groups is 2. The Hall–Kier alpha value is -0.940. The van der Waals surface area contributed by atoms with Gasteiger partial charge in [-0.25, -0.2) is 0 Å². The summed E-state index contributed by atoms with van der Waals surface area (Å²) in [6.45, 7) is 5.73. The number of hydrogen-bond acceptors (Lipinski definition) is 4. The van der Waals surface area contributed by atoms with E-state index < -0.39 is 0 Å². The van der Waals surface area contributed by atoms with E-state index in [9.17, 15) is 0 Å². The van der Waals surface area contributed by atoms with Crippen molar-refractivity contribution in [2.45, 2.75) is 20.3 Å². The molecule has 1 aliphatic heterocycles. The highest BCUT2D eigenvalue weighted by Crippen LogP contribution is 1.98. The van der Waals surface area contributed by atoms with Gasteiger partial charge in [0.2, 0.25) is 0 Å². The van der Waals surface area contributed by atoms with Crippen molar-refractivity contribution in [3.63, 3.8) is 0 Å². The minimum Gasteiger partial charge on any atom is -0.371 e. The Labute approximate surface area is 89.3 Å². The van der Waals surface area contributed by atoms with E-state index in [0.717, 1.165) is 31.2 Å². The second kappa shape index (κ2) is 5.72. The van der Waals surface area contributed by atoms with Crippen molar-refractivity contribution in [2.24, 2.45) is 4.99 Å². The normalized spacial score (nSPS) is 19.9. The van der Waals surface area contributed by atoms with E-state index in [-0.39, 0.29) is 0 Å². The first-order valence-corrected chi connectivity index (χ1v) is 5.09. The van der Waals surface area contributed by atoms with Crippen LogP contribution >= 0.6 is 11.8 Å². The summed E-state index contributed by atoms with van der Waals surface area (Å²) in [5.41, 5.74) is 5.74. The SMILES string of the molecule is CCCN=C1C=C(NCC)NN(Cl)N1. The van der Waals surface area contributed by atoms with E-state index >= 15 is 0 Å². The van der Waals surface area contributed by atoms with Crippen LogP contribution in [0.3, 0.4) is 0 Å². The molecule has 6 heteroatoms. The third-order valence-electron chi connectivity index (χ3n) is 1.59. The maximum atomic E-state index is 5.77. The molecular formula is C8H16ClN5. The molecule has 0 radical (unpaired) electrons. The average molecular weight is 218 g/mol. The van der Waals surface area contributed by atoms with Gasteiger partial charge in [-0.05, 0) is 18.0 Å². The van der Waals surface area contributed by atoms with Gasteiger partial charge >= 0.3 is 0 Å². The number of nitrogens with zero attached hydrogens (tertiary/aromatic N) is 2. The van der Waals surface area contributed by atoms with Gasteiger partial charge in [-0.15, -0.1) is 0 Å². The Morgan fingerprint density at radius 2 is 2.29 bits per heavy atom. The van der Waals surface area contributed by atoms with Gasteiger partial charge in [-0.1, -0.05) is 6.92 Å². The van der Waals surface area contributed by atoms with E-state index in [2.05, 4.69) is 28.1 Å². The first-order valence-electron chi connectivity index (χ1n) is 4.75. The predicted octanol–water partition coefficient (Wildman–Crippen LogP) is 0.724. The molecule has 0 saturated heterocycles. The zero-order valence-electron chi connectivity index (χ0n) is 8.47. The van der Waals surface area contributed by atoms with Crippen molar-refractivity contribution >= 4 is 17.6 Å². The van der Waals surface area contributed by atoms with Crippen LogP contribution in [0.4, 0.5) is 0 Å². The Bertz CT molecular complexity index is 238. The highest BCUT2D eigenvalue weighted by atomic mass is 35.5. The van der Waals surface area contributed by atoms with Gasteiger partial charge in [0, 0.05) is 30.9 Å². The van der Waals surface area contributed by atoms with Crippen LogP contribution in [-0.2, 0) is 0 Å². The fourth-order valence-corrected chi connectivity index (χ4v) is 1.21. The average Bonchev–Trinajstić information content (AvgIpc) is 2.14. The van der Waals surface area contributed by atoms with Crippen molar-refractivity contribution in [1.29, 1.82) is 0 Å². The molecule has 0 aromatic carbocycles. The third kappa shape index (κ3) is 3.43. The van der Waals surface area contributed by atoms with Crippen LogP contribution in [0.15, 0.2) is 16.9 Å². The molecular weight excluding hydrogens is 202 g/mol. The van der Waals surface area contributed by atoms with Crippen molar-refractivity contribution < 1.29 is 0 Å². The number of nitrogens with one attached hydrogen (secondary N) is 3. The minimum absolute atomic E-state index is 0.761. The monoisotopic (exact) mass is 217 g/mol. The molecule has 0 saturated carbocycles. The molecule has 80 valence electrons. The fourth-order valence-electron chi connectivity index (χ4n) is 1.03. The lowest BCUT2D eigenvalue weighted by Crippen LogP contribution is -2.50. The van der Waals surface area contributed by atoms with E-state index in [1.165, 1.54) is 4.64 Å². The second-order valence-electron chi connectivity index (χ2n) is 2.86. The van der Waals surface area contributed by atoms with Crippen molar-refractivity contribution in [2.75, 3.05) is 13.1 Å². The molecule has 0 aromatic heterocycles. The predicted molar refractivity (Wildman–Crippen MR) is 58.3 cm³/mol. The smallest absolute Gasteiger partial charge is 0.141 e. The zero-order chi connectivity index (χ0) is 10.4. The molecule has 1 rings (SSSR count). The van der Waals surface area contributed by atoms with Gasteiger partial charge in [-0.3, -0.25) is 15.8 Å². The first kappa shape index (κ1) is 11.1. The third-order valence-corrected chi connectivity index (χ3v) is 1.75. The van der Waals surface area contributed by atoms with Gasteiger partial charge < -0.3 is 5.32 Å². The summed E-state index contributed by atoms with van der Waals surface area (Å²) in [5.74, 6) is 1.60. The van der Waals surface area contributed by atoms with E-state index in [4.69, 9.17) is 11.8 Å². The molecule has 0 fully saturated rings. The summed E-state index contributed by atoms with van der Waals surface area (Å²) in [6.07, 6.45) is 2.91. The largest absolute Gasteiger partial charge is 0.371 e. The molecule has 0 bridgehead atoms. The van der Waals surface area contributed by atoms with E-state index in [0.29, 0.717) is 0 Å². The lowest BCUT2D eigenvalue weighted by atomic mass is 10.4. The minimum atomic E-state index is 0.761. The van der Waals surface area contributed by atoms with Gasteiger partial charge in [0.1, 0.15) is 11.7 Å². The fraction of sp³-hybridized carbons (Fsp3) is 0.625. The Kier molecular flexibility index (Phi) is 4.55. The molecule has 1 heterocycles. The molecule has 5 nitrogen and oxygen atoms in total. The van der Waals surface area contributed by atoms with E-state index in [1.54, 1.807) is 0 Å².